The predicted molar refractivity (Wildman–Crippen MR) is 71.8 cm³/mol. The van der Waals surface area contributed by atoms with Crippen LogP contribution < -0.4 is 5.32 Å². The number of amides is 1. The maximum atomic E-state index is 11.9. The van der Waals surface area contributed by atoms with Gasteiger partial charge in [-0.1, -0.05) is 33.6 Å². The molecule has 0 aliphatic carbocycles. The van der Waals surface area contributed by atoms with Crippen molar-refractivity contribution in [2.45, 2.75) is 19.4 Å². The Hall–Kier alpha value is -0.870. The lowest BCUT2D eigenvalue weighted by Crippen LogP contribution is -2.50. The molecule has 3 nitrogen and oxygen atoms in total. The molecule has 0 spiro atoms. The SMILES string of the molecule is CC(C)(NC(=O)c1cccc(Cl)c1)C(=O)CBr. The molecule has 1 amide bonds. The average Bonchev–Trinajstić information content (AvgIpc) is 2.27. The number of alkyl halides is 1. The highest BCUT2D eigenvalue weighted by Gasteiger charge is 2.28. The van der Waals surface area contributed by atoms with Crippen molar-refractivity contribution in [2.24, 2.45) is 0 Å². The fourth-order valence-electron chi connectivity index (χ4n) is 1.22. The number of ketones is 1. The number of rotatable bonds is 4. The summed E-state index contributed by atoms with van der Waals surface area (Å²) in [7, 11) is 0. The minimum Gasteiger partial charge on any atom is -0.340 e. The van der Waals surface area contributed by atoms with Crippen LogP contribution in [-0.2, 0) is 4.79 Å². The van der Waals surface area contributed by atoms with Crippen molar-refractivity contribution in [2.75, 3.05) is 5.33 Å². The Morgan fingerprint density at radius 3 is 2.59 bits per heavy atom. The standard InChI is InChI=1S/C12H13BrClNO2/c1-12(2,10(16)7-13)15-11(17)8-4-3-5-9(14)6-8/h3-6H,7H2,1-2H3,(H,15,17). The van der Waals surface area contributed by atoms with E-state index in [1.165, 1.54) is 0 Å². The third kappa shape index (κ3) is 3.82. The first-order valence-electron chi connectivity index (χ1n) is 5.04. The van der Waals surface area contributed by atoms with Gasteiger partial charge in [0.15, 0.2) is 5.78 Å². The summed E-state index contributed by atoms with van der Waals surface area (Å²) in [5.74, 6) is -0.403. The summed E-state index contributed by atoms with van der Waals surface area (Å²) in [5, 5.41) is 3.37. The van der Waals surface area contributed by atoms with Crippen LogP contribution in [0.4, 0.5) is 0 Å². The van der Waals surface area contributed by atoms with Crippen molar-refractivity contribution < 1.29 is 9.59 Å². The van der Waals surface area contributed by atoms with Crippen LogP contribution in [0.2, 0.25) is 5.02 Å². The number of halogens is 2. The number of carbonyl (C=O) groups is 2. The van der Waals surface area contributed by atoms with Gasteiger partial charge in [-0.15, -0.1) is 0 Å². The van der Waals surface area contributed by atoms with E-state index in [1.54, 1.807) is 38.1 Å². The van der Waals surface area contributed by atoms with E-state index in [1.807, 2.05) is 0 Å². The van der Waals surface area contributed by atoms with Gasteiger partial charge in [-0.2, -0.15) is 0 Å². The maximum Gasteiger partial charge on any atom is 0.252 e. The van der Waals surface area contributed by atoms with Crippen LogP contribution in [0.1, 0.15) is 24.2 Å². The topological polar surface area (TPSA) is 46.2 Å². The Morgan fingerprint density at radius 2 is 2.06 bits per heavy atom. The molecule has 1 aromatic carbocycles. The van der Waals surface area contributed by atoms with Crippen molar-refractivity contribution in [1.29, 1.82) is 0 Å². The van der Waals surface area contributed by atoms with Gasteiger partial charge < -0.3 is 5.32 Å². The van der Waals surface area contributed by atoms with E-state index in [-0.39, 0.29) is 17.0 Å². The number of Topliss-reactive ketones (excluding diaryl/α,β-unsaturated/α-hetero) is 1. The molecule has 1 N–H and O–H groups in total. The molecule has 0 atom stereocenters. The summed E-state index contributed by atoms with van der Waals surface area (Å²) in [6.07, 6.45) is 0. The molecule has 92 valence electrons. The largest absolute Gasteiger partial charge is 0.340 e. The summed E-state index contributed by atoms with van der Waals surface area (Å²) in [6, 6.07) is 6.59. The Morgan fingerprint density at radius 1 is 1.41 bits per heavy atom. The van der Waals surface area contributed by atoms with Crippen molar-refractivity contribution in [3.8, 4) is 0 Å². The summed E-state index contributed by atoms with van der Waals surface area (Å²) >= 11 is 8.88. The van der Waals surface area contributed by atoms with Crippen molar-refractivity contribution in [3.05, 3.63) is 34.9 Å². The molecule has 0 radical (unpaired) electrons. The summed E-state index contributed by atoms with van der Waals surface area (Å²) < 4.78 is 0. The van der Waals surface area contributed by atoms with Gasteiger partial charge in [-0.3, -0.25) is 9.59 Å². The highest BCUT2D eigenvalue weighted by Crippen LogP contribution is 2.13. The third-order valence-corrected chi connectivity index (χ3v) is 3.08. The molecule has 0 aliphatic rings. The lowest BCUT2D eigenvalue weighted by atomic mass is 10.00. The van der Waals surface area contributed by atoms with Gasteiger partial charge in [-0.25, -0.2) is 0 Å². The Kier molecular flexibility index (Phi) is 4.71. The molecule has 0 saturated heterocycles. The second-order valence-electron chi connectivity index (χ2n) is 4.15. The Bertz CT molecular complexity index is 446. The van der Waals surface area contributed by atoms with E-state index in [2.05, 4.69) is 21.2 Å². The smallest absolute Gasteiger partial charge is 0.252 e. The van der Waals surface area contributed by atoms with E-state index in [4.69, 9.17) is 11.6 Å². The van der Waals surface area contributed by atoms with E-state index in [0.717, 1.165) is 0 Å². The number of hydrogen-bond acceptors (Lipinski definition) is 2. The molecule has 1 aromatic rings. The van der Waals surface area contributed by atoms with E-state index < -0.39 is 5.54 Å². The van der Waals surface area contributed by atoms with E-state index >= 15 is 0 Å². The summed E-state index contributed by atoms with van der Waals surface area (Å²) in [5.41, 5.74) is -0.462. The molecular weight excluding hydrogens is 305 g/mol. The molecule has 0 saturated carbocycles. The van der Waals surface area contributed by atoms with Crippen molar-refractivity contribution in [1.82, 2.24) is 5.32 Å². The van der Waals surface area contributed by atoms with Gasteiger partial charge in [0.05, 0.1) is 10.9 Å². The molecule has 0 aliphatic heterocycles. The Balaban J connectivity index is 2.83. The molecule has 0 bridgehead atoms. The van der Waals surface area contributed by atoms with Gasteiger partial charge in [0, 0.05) is 10.6 Å². The second-order valence-corrected chi connectivity index (χ2v) is 5.14. The average molecular weight is 319 g/mol. The molecule has 1 rings (SSSR count). The van der Waals surface area contributed by atoms with Gasteiger partial charge in [0.25, 0.3) is 5.91 Å². The highest BCUT2D eigenvalue weighted by atomic mass is 79.9. The quantitative estimate of drug-likeness (QED) is 0.868. The van der Waals surface area contributed by atoms with E-state index in [0.29, 0.717) is 10.6 Å². The first kappa shape index (κ1) is 14.2. The van der Waals surface area contributed by atoms with E-state index in [9.17, 15) is 9.59 Å². The number of benzene rings is 1. The monoisotopic (exact) mass is 317 g/mol. The number of hydrogen-bond donors (Lipinski definition) is 1. The zero-order chi connectivity index (χ0) is 13.1. The first-order valence-corrected chi connectivity index (χ1v) is 6.54. The fraction of sp³-hybridized carbons (Fsp3) is 0.333. The maximum absolute atomic E-state index is 11.9. The zero-order valence-corrected chi connectivity index (χ0v) is 11.9. The lowest BCUT2D eigenvalue weighted by Gasteiger charge is -2.23. The molecular formula is C12H13BrClNO2. The van der Waals surface area contributed by atoms with Crippen LogP contribution in [0.5, 0.6) is 0 Å². The van der Waals surface area contributed by atoms with Gasteiger partial charge in [0.1, 0.15) is 0 Å². The molecule has 5 heteroatoms. The van der Waals surface area contributed by atoms with Crippen LogP contribution in [0.15, 0.2) is 24.3 Å². The minimum absolute atomic E-state index is 0.0899. The third-order valence-electron chi connectivity index (χ3n) is 2.33. The number of nitrogens with one attached hydrogen (secondary N) is 1. The molecule has 0 heterocycles. The fourth-order valence-corrected chi connectivity index (χ4v) is 2.11. The Labute approximate surface area is 114 Å². The van der Waals surface area contributed by atoms with Gasteiger partial charge >= 0.3 is 0 Å². The normalized spacial score (nSPS) is 11.1. The lowest BCUT2D eigenvalue weighted by molar-refractivity contribution is -0.121. The molecule has 0 fully saturated rings. The predicted octanol–water partition coefficient (Wildman–Crippen LogP) is 2.81. The minimum atomic E-state index is -0.900. The zero-order valence-electron chi connectivity index (χ0n) is 9.59. The first-order chi connectivity index (χ1) is 7.86. The van der Waals surface area contributed by atoms with Crippen LogP contribution in [0, 0.1) is 0 Å². The van der Waals surface area contributed by atoms with Gasteiger partial charge in [0.2, 0.25) is 0 Å². The molecule has 0 unspecified atom stereocenters. The van der Waals surface area contributed by atoms with Crippen LogP contribution in [0.25, 0.3) is 0 Å². The van der Waals surface area contributed by atoms with Crippen LogP contribution in [0.3, 0.4) is 0 Å². The number of carbonyl (C=O) groups excluding carboxylic acids is 2. The van der Waals surface area contributed by atoms with Crippen LogP contribution in [-0.4, -0.2) is 22.6 Å². The molecule has 0 aromatic heterocycles. The second kappa shape index (κ2) is 5.65. The van der Waals surface area contributed by atoms with Crippen molar-refractivity contribution >= 4 is 39.2 Å². The molecule has 17 heavy (non-hydrogen) atoms. The van der Waals surface area contributed by atoms with Gasteiger partial charge in [-0.05, 0) is 32.0 Å². The van der Waals surface area contributed by atoms with Crippen LogP contribution >= 0.6 is 27.5 Å². The summed E-state index contributed by atoms with van der Waals surface area (Å²) in [6.45, 7) is 3.33. The van der Waals surface area contributed by atoms with Crippen molar-refractivity contribution in [3.63, 3.8) is 0 Å². The summed E-state index contributed by atoms with van der Waals surface area (Å²) in [4.78, 5) is 23.5. The highest BCUT2D eigenvalue weighted by molar-refractivity contribution is 9.09.